The highest BCUT2D eigenvalue weighted by atomic mass is 28.4. The lowest BCUT2D eigenvalue weighted by Gasteiger charge is -2.13. The Balaban J connectivity index is 3.20. The summed E-state index contributed by atoms with van der Waals surface area (Å²) >= 11 is 0. The zero-order chi connectivity index (χ0) is 12.9. The summed E-state index contributed by atoms with van der Waals surface area (Å²) < 4.78 is 34.8. The van der Waals surface area contributed by atoms with Crippen LogP contribution in [-0.2, 0) is 28.8 Å². The van der Waals surface area contributed by atoms with Crippen molar-refractivity contribution >= 4 is 80.1 Å². The molecular formula is H18O9Si8. The minimum Gasteiger partial charge on any atom is -0.449 e. The van der Waals surface area contributed by atoms with Gasteiger partial charge in [-0.15, -0.1) is 0 Å². The fourth-order valence-corrected chi connectivity index (χ4v) is 11.5. The highest BCUT2D eigenvalue weighted by molar-refractivity contribution is 6.55. The molecule has 2 N–H and O–H groups in total. The number of hydrogen-bond donors (Lipinski definition) is 2. The van der Waals surface area contributed by atoms with Gasteiger partial charge in [0, 0.05) is 0 Å². The second kappa shape index (κ2) is 13.8. The van der Waals surface area contributed by atoms with Gasteiger partial charge in [0.2, 0.25) is 0 Å². The minimum atomic E-state index is -2.64. The first kappa shape index (κ1) is 18.4. The predicted octanol–water partition coefficient (Wildman–Crippen LogP) is -8.92. The Labute approximate surface area is 118 Å². The summed E-state index contributed by atoms with van der Waals surface area (Å²) in [6.45, 7) is 0. The van der Waals surface area contributed by atoms with Crippen LogP contribution in [0.2, 0.25) is 0 Å². The molecule has 0 radical (unpaired) electrons. The van der Waals surface area contributed by atoms with E-state index in [0.29, 0.717) is 21.0 Å². The molecule has 0 aromatic rings. The van der Waals surface area contributed by atoms with Crippen molar-refractivity contribution in [1.82, 2.24) is 0 Å². The average Bonchev–Trinajstić information content (AvgIpc) is 2.33. The van der Waals surface area contributed by atoms with Crippen LogP contribution in [0.15, 0.2) is 0 Å². The van der Waals surface area contributed by atoms with Gasteiger partial charge in [-0.2, -0.15) is 0 Å². The third-order valence-electron chi connectivity index (χ3n) is 1.28. The van der Waals surface area contributed by atoms with E-state index in [2.05, 4.69) is 0 Å². The van der Waals surface area contributed by atoms with Gasteiger partial charge in [-0.1, -0.05) is 0 Å². The van der Waals surface area contributed by atoms with Gasteiger partial charge < -0.3 is 38.4 Å². The second-order valence-corrected chi connectivity index (χ2v) is 16.2. The molecule has 0 saturated carbocycles. The maximum absolute atomic E-state index is 9.31. The molecule has 0 aromatic carbocycles. The van der Waals surface area contributed by atoms with Crippen LogP contribution in [0.4, 0.5) is 0 Å². The van der Waals surface area contributed by atoms with Crippen molar-refractivity contribution in [3.63, 3.8) is 0 Å². The van der Waals surface area contributed by atoms with Crippen LogP contribution in [-0.4, -0.2) is 89.6 Å². The average molecular weight is 387 g/mol. The lowest BCUT2D eigenvalue weighted by atomic mass is 15.7. The van der Waals surface area contributed by atoms with Crippen molar-refractivity contribution in [2.45, 2.75) is 0 Å². The Morgan fingerprint density at radius 2 is 1.35 bits per heavy atom. The molecule has 9 nitrogen and oxygen atoms in total. The van der Waals surface area contributed by atoms with Gasteiger partial charge >= 0.3 is 19.1 Å². The van der Waals surface area contributed by atoms with E-state index in [0.717, 1.165) is 0 Å². The fourth-order valence-electron chi connectivity index (χ4n) is 0.588. The monoisotopic (exact) mass is 386 g/mol. The summed E-state index contributed by atoms with van der Waals surface area (Å²) in [5.74, 6) is 0. The van der Waals surface area contributed by atoms with Crippen molar-refractivity contribution < 1.29 is 38.4 Å². The van der Waals surface area contributed by atoms with Crippen LogP contribution >= 0.6 is 0 Å². The first-order valence-corrected chi connectivity index (χ1v) is 13.8. The molecule has 104 valence electrons. The van der Waals surface area contributed by atoms with Crippen LogP contribution in [0.3, 0.4) is 0 Å². The molecule has 0 aromatic heterocycles. The van der Waals surface area contributed by atoms with Crippen LogP contribution < -0.4 is 0 Å². The van der Waals surface area contributed by atoms with E-state index in [-0.39, 0.29) is 0 Å². The molecule has 0 heterocycles. The van der Waals surface area contributed by atoms with Gasteiger partial charge in [-0.25, -0.2) is 0 Å². The van der Waals surface area contributed by atoms with Gasteiger partial charge in [-0.05, 0) is 0 Å². The molecule has 2 unspecified atom stereocenters. The predicted molar refractivity (Wildman–Crippen MR) is 80.4 cm³/mol. The van der Waals surface area contributed by atoms with Crippen LogP contribution in [0, 0.1) is 0 Å². The maximum atomic E-state index is 9.31. The van der Waals surface area contributed by atoms with Gasteiger partial charge in [0.05, 0.1) is 0 Å². The summed E-state index contributed by atoms with van der Waals surface area (Å²) in [4.78, 5) is 18.3. The van der Waals surface area contributed by atoms with Crippen molar-refractivity contribution in [3.8, 4) is 0 Å². The molecular weight excluding hydrogens is 369 g/mol. The summed E-state index contributed by atoms with van der Waals surface area (Å²) in [6.07, 6.45) is 0. The van der Waals surface area contributed by atoms with Gasteiger partial charge in [0.1, 0.15) is 21.0 Å². The van der Waals surface area contributed by atoms with E-state index in [4.69, 9.17) is 33.6 Å². The Bertz CT molecular complexity index is 156. The molecule has 17 heavy (non-hydrogen) atoms. The Hall–Kier alpha value is 1.38. The number of rotatable bonds is 12. The van der Waals surface area contributed by atoms with Crippen molar-refractivity contribution in [3.05, 3.63) is 0 Å². The van der Waals surface area contributed by atoms with Crippen molar-refractivity contribution in [2.24, 2.45) is 0 Å². The standard InChI is InChI=1S/H18O9Si8/c1-16(4-11)8-15-9-17(2)7-14-6-13-5-12-3-10/h1-2,16-17H,12-15H2,10-11H3. The number of hydrogen-bond acceptors (Lipinski definition) is 9. The molecule has 0 saturated heterocycles. The molecule has 0 aliphatic carbocycles. The summed E-state index contributed by atoms with van der Waals surface area (Å²) in [5, 5.41) is 0. The molecule has 0 bridgehead atoms. The fraction of sp³-hybridized carbons (Fsp3) is 0. The van der Waals surface area contributed by atoms with Gasteiger partial charge in [-0.3, -0.25) is 0 Å². The van der Waals surface area contributed by atoms with Crippen LogP contribution in [0.25, 0.3) is 0 Å². The SMILES string of the molecule is O[SiH](O[SiH3])O[SiH2]O[SiH](O)O[SiH2]O[SiH2]O[SiH2]O[SiH3]. The molecule has 0 spiro atoms. The van der Waals surface area contributed by atoms with E-state index < -0.39 is 59.1 Å². The van der Waals surface area contributed by atoms with E-state index in [9.17, 15) is 4.80 Å². The lowest BCUT2D eigenvalue weighted by Crippen LogP contribution is -2.32. The van der Waals surface area contributed by atoms with E-state index in [1.807, 2.05) is 0 Å². The van der Waals surface area contributed by atoms with E-state index in [1.54, 1.807) is 0 Å². The highest BCUT2D eigenvalue weighted by Gasteiger charge is 2.12. The van der Waals surface area contributed by atoms with E-state index >= 15 is 0 Å². The summed E-state index contributed by atoms with van der Waals surface area (Å²) in [6, 6.07) is 0. The Morgan fingerprint density at radius 3 is 2.00 bits per heavy atom. The first-order chi connectivity index (χ1) is 8.20. The van der Waals surface area contributed by atoms with Crippen molar-refractivity contribution in [2.75, 3.05) is 0 Å². The van der Waals surface area contributed by atoms with Gasteiger partial charge in [0.25, 0.3) is 40.0 Å². The third-order valence-corrected chi connectivity index (χ3v) is 11.6. The molecule has 0 aliphatic heterocycles. The largest absolute Gasteiger partial charge is 0.462 e. The molecule has 2 atom stereocenters. The summed E-state index contributed by atoms with van der Waals surface area (Å²) in [5.41, 5.74) is 0. The van der Waals surface area contributed by atoms with Crippen LogP contribution in [0.1, 0.15) is 0 Å². The second-order valence-electron chi connectivity index (χ2n) is 2.52. The Kier molecular flexibility index (Phi) is 14.9. The maximum Gasteiger partial charge on any atom is 0.462 e. The quantitative estimate of drug-likeness (QED) is 0.250. The molecule has 0 aliphatic rings. The minimum absolute atomic E-state index is 0.433. The Morgan fingerprint density at radius 1 is 0.765 bits per heavy atom. The molecule has 0 rings (SSSR count). The smallest absolute Gasteiger partial charge is 0.449 e. The lowest BCUT2D eigenvalue weighted by molar-refractivity contribution is 0.252. The topological polar surface area (TPSA) is 105 Å². The normalized spacial score (nSPS) is 18.0. The first-order valence-electron chi connectivity index (χ1n) is 4.59. The third kappa shape index (κ3) is 13.6. The van der Waals surface area contributed by atoms with Crippen LogP contribution in [0.5, 0.6) is 0 Å². The molecule has 0 amide bonds. The van der Waals surface area contributed by atoms with Crippen molar-refractivity contribution in [1.29, 1.82) is 0 Å². The highest BCUT2D eigenvalue weighted by Crippen LogP contribution is 1.85. The molecule has 0 fully saturated rings. The zero-order valence-electron chi connectivity index (χ0n) is 9.74. The van der Waals surface area contributed by atoms with E-state index in [1.165, 1.54) is 0 Å². The summed E-state index contributed by atoms with van der Waals surface area (Å²) in [7, 11) is -8.42. The molecule has 17 heteroatoms. The zero-order valence-corrected chi connectivity index (χ0v) is 21.7. The van der Waals surface area contributed by atoms with Gasteiger partial charge in [0.15, 0.2) is 0 Å².